The van der Waals surface area contributed by atoms with E-state index in [1.54, 1.807) is 7.11 Å². The first kappa shape index (κ1) is 9.21. The molecule has 0 saturated carbocycles. The molecule has 0 amide bonds. The molecule has 14 heavy (non-hydrogen) atoms. The number of halogens is 1. The number of ether oxygens (including phenoxy) is 1. The van der Waals surface area contributed by atoms with Gasteiger partial charge in [0.2, 0.25) is 5.82 Å². The maximum Gasteiger partial charge on any atom is 0.294 e. The van der Waals surface area contributed by atoms with Crippen molar-refractivity contribution in [3.8, 4) is 17.1 Å². The Balaban J connectivity index is 2.41. The summed E-state index contributed by atoms with van der Waals surface area (Å²) in [5, 5.41) is 3.77. The van der Waals surface area contributed by atoms with Crippen LogP contribution in [-0.4, -0.2) is 17.3 Å². The molecule has 72 valence electrons. The molecule has 1 aromatic heterocycles. The standard InChI is InChI=1S/C9H7BrN2O2/c1-13-7-4-2-3-6(5-7)8-11-9(10)14-12-8/h2-5H,1H3. The van der Waals surface area contributed by atoms with Gasteiger partial charge in [0.15, 0.2) is 0 Å². The Morgan fingerprint density at radius 1 is 1.43 bits per heavy atom. The van der Waals surface area contributed by atoms with Gasteiger partial charge in [-0.15, -0.1) is 0 Å². The molecule has 0 aliphatic heterocycles. The molecule has 0 bridgehead atoms. The van der Waals surface area contributed by atoms with Gasteiger partial charge in [-0.25, -0.2) is 0 Å². The maximum atomic E-state index is 5.09. The van der Waals surface area contributed by atoms with E-state index in [2.05, 4.69) is 26.1 Å². The van der Waals surface area contributed by atoms with Crippen LogP contribution in [0.25, 0.3) is 11.4 Å². The summed E-state index contributed by atoms with van der Waals surface area (Å²) < 4.78 is 9.89. The molecule has 2 rings (SSSR count). The highest BCUT2D eigenvalue weighted by atomic mass is 79.9. The van der Waals surface area contributed by atoms with Crippen molar-refractivity contribution < 1.29 is 9.26 Å². The number of rotatable bonds is 2. The van der Waals surface area contributed by atoms with Crippen molar-refractivity contribution in [2.45, 2.75) is 0 Å². The zero-order chi connectivity index (χ0) is 9.97. The second kappa shape index (κ2) is 3.79. The van der Waals surface area contributed by atoms with Crippen molar-refractivity contribution in [2.75, 3.05) is 7.11 Å². The smallest absolute Gasteiger partial charge is 0.294 e. The second-order valence-electron chi connectivity index (χ2n) is 2.60. The number of hydrogen-bond acceptors (Lipinski definition) is 4. The summed E-state index contributed by atoms with van der Waals surface area (Å²) in [5.74, 6) is 1.30. The van der Waals surface area contributed by atoms with Crippen LogP contribution in [0.4, 0.5) is 0 Å². The third-order valence-corrected chi connectivity index (χ3v) is 2.05. The summed E-state index contributed by atoms with van der Waals surface area (Å²) >= 11 is 3.09. The van der Waals surface area contributed by atoms with Gasteiger partial charge in [-0.05, 0) is 12.1 Å². The minimum Gasteiger partial charge on any atom is -0.497 e. The van der Waals surface area contributed by atoms with Gasteiger partial charge in [-0.2, -0.15) is 4.98 Å². The van der Waals surface area contributed by atoms with E-state index < -0.39 is 0 Å². The van der Waals surface area contributed by atoms with Crippen LogP contribution in [0.1, 0.15) is 0 Å². The van der Waals surface area contributed by atoms with Gasteiger partial charge in [-0.3, -0.25) is 0 Å². The Kier molecular flexibility index (Phi) is 2.49. The number of nitrogens with zero attached hydrogens (tertiary/aromatic N) is 2. The molecule has 0 aliphatic rings. The van der Waals surface area contributed by atoms with E-state index in [0.29, 0.717) is 10.6 Å². The molecule has 2 aromatic rings. The number of aromatic nitrogens is 2. The minimum absolute atomic E-state index is 0.371. The lowest BCUT2D eigenvalue weighted by Gasteiger charge is -1.99. The first-order chi connectivity index (χ1) is 6.79. The Labute approximate surface area is 89.0 Å². The van der Waals surface area contributed by atoms with Crippen LogP contribution in [-0.2, 0) is 0 Å². The van der Waals surface area contributed by atoms with E-state index in [4.69, 9.17) is 9.26 Å². The van der Waals surface area contributed by atoms with Crippen molar-refractivity contribution >= 4 is 15.9 Å². The van der Waals surface area contributed by atoms with Gasteiger partial charge in [0.05, 0.1) is 7.11 Å². The molecule has 0 spiro atoms. The third-order valence-electron chi connectivity index (χ3n) is 1.73. The van der Waals surface area contributed by atoms with Gasteiger partial charge in [0.25, 0.3) is 4.80 Å². The van der Waals surface area contributed by atoms with Gasteiger partial charge in [-0.1, -0.05) is 17.3 Å². The third kappa shape index (κ3) is 1.77. The zero-order valence-corrected chi connectivity index (χ0v) is 8.98. The lowest BCUT2D eigenvalue weighted by atomic mass is 10.2. The van der Waals surface area contributed by atoms with Crippen molar-refractivity contribution in [1.29, 1.82) is 0 Å². The average Bonchev–Trinajstić information content (AvgIpc) is 2.65. The second-order valence-corrected chi connectivity index (χ2v) is 3.28. The van der Waals surface area contributed by atoms with Crippen LogP contribution in [0, 0.1) is 0 Å². The Morgan fingerprint density at radius 2 is 2.29 bits per heavy atom. The van der Waals surface area contributed by atoms with Gasteiger partial charge >= 0.3 is 0 Å². The summed E-state index contributed by atoms with van der Waals surface area (Å²) in [7, 11) is 1.62. The first-order valence-electron chi connectivity index (χ1n) is 3.93. The molecule has 0 aliphatic carbocycles. The van der Waals surface area contributed by atoms with Crippen LogP contribution in [0.2, 0.25) is 0 Å². The molecule has 1 aromatic carbocycles. The van der Waals surface area contributed by atoms with E-state index >= 15 is 0 Å². The summed E-state index contributed by atoms with van der Waals surface area (Å²) in [4.78, 5) is 4.41. The van der Waals surface area contributed by atoms with E-state index in [1.165, 1.54) is 0 Å². The molecular weight excluding hydrogens is 248 g/mol. The fraction of sp³-hybridized carbons (Fsp3) is 0.111. The molecule has 0 N–H and O–H groups in total. The van der Waals surface area contributed by atoms with Crippen LogP contribution >= 0.6 is 15.9 Å². The molecule has 0 radical (unpaired) electrons. The van der Waals surface area contributed by atoms with E-state index in [-0.39, 0.29) is 0 Å². The van der Waals surface area contributed by atoms with Gasteiger partial charge in [0.1, 0.15) is 5.75 Å². The highest BCUT2D eigenvalue weighted by molar-refractivity contribution is 9.10. The molecule has 0 unspecified atom stereocenters. The lowest BCUT2D eigenvalue weighted by Crippen LogP contribution is -1.84. The summed E-state index contributed by atoms with van der Waals surface area (Å²) in [6.45, 7) is 0. The Hall–Kier alpha value is -1.36. The molecular formula is C9H7BrN2O2. The fourth-order valence-corrected chi connectivity index (χ4v) is 1.32. The Morgan fingerprint density at radius 3 is 2.93 bits per heavy atom. The van der Waals surface area contributed by atoms with Crippen molar-refractivity contribution in [3.05, 3.63) is 29.1 Å². The number of methoxy groups -OCH3 is 1. The average molecular weight is 255 g/mol. The van der Waals surface area contributed by atoms with E-state index in [9.17, 15) is 0 Å². The predicted octanol–water partition coefficient (Wildman–Crippen LogP) is 2.51. The first-order valence-corrected chi connectivity index (χ1v) is 4.72. The number of hydrogen-bond donors (Lipinski definition) is 0. The summed E-state index contributed by atoms with van der Waals surface area (Å²) in [6, 6.07) is 7.47. The summed E-state index contributed by atoms with van der Waals surface area (Å²) in [6.07, 6.45) is 0. The van der Waals surface area contributed by atoms with Crippen LogP contribution < -0.4 is 4.74 Å². The molecule has 1 heterocycles. The molecule has 0 fully saturated rings. The lowest BCUT2D eigenvalue weighted by molar-refractivity contribution is 0.397. The van der Waals surface area contributed by atoms with Gasteiger partial charge < -0.3 is 9.26 Å². The highest BCUT2D eigenvalue weighted by Crippen LogP contribution is 2.22. The quantitative estimate of drug-likeness (QED) is 0.827. The fourth-order valence-electron chi connectivity index (χ4n) is 1.08. The van der Waals surface area contributed by atoms with Crippen LogP contribution in [0.3, 0.4) is 0 Å². The molecule has 0 atom stereocenters. The van der Waals surface area contributed by atoms with Crippen molar-refractivity contribution in [1.82, 2.24) is 10.1 Å². The molecule has 0 saturated heterocycles. The molecule has 5 heteroatoms. The minimum atomic E-state index is 0.371. The van der Waals surface area contributed by atoms with Crippen LogP contribution in [0.15, 0.2) is 33.6 Å². The monoisotopic (exact) mass is 254 g/mol. The SMILES string of the molecule is COc1cccc(-c2noc(Br)n2)c1. The largest absolute Gasteiger partial charge is 0.497 e. The highest BCUT2D eigenvalue weighted by Gasteiger charge is 2.06. The normalized spacial score (nSPS) is 10.1. The summed E-state index contributed by atoms with van der Waals surface area (Å²) in [5.41, 5.74) is 0.860. The van der Waals surface area contributed by atoms with Crippen molar-refractivity contribution in [2.24, 2.45) is 0 Å². The van der Waals surface area contributed by atoms with E-state index in [0.717, 1.165) is 11.3 Å². The van der Waals surface area contributed by atoms with Crippen LogP contribution in [0.5, 0.6) is 5.75 Å². The van der Waals surface area contributed by atoms with E-state index in [1.807, 2.05) is 24.3 Å². The number of benzene rings is 1. The maximum absolute atomic E-state index is 5.09. The zero-order valence-electron chi connectivity index (χ0n) is 7.40. The van der Waals surface area contributed by atoms with Gasteiger partial charge in [0, 0.05) is 21.5 Å². The Bertz CT molecular complexity index is 442. The molecule has 4 nitrogen and oxygen atoms in total. The van der Waals surface area contributed by atoms with Crippen molar-refractivity contribution in [3.63, 3.8) is 0 Å². The topological polar surface area (TPSA) is 48.2 Å². The predicted molar refractivity (Wildman–Crippen MR) is 54.0 cm³/mol.